The molecule has 1 aliphatic carbocycles. The Hall–Kier alpha value is -0.740. The summed E-state index contributed by atoms with van der Waals surface area (Å²) in [5.41, 5.74) is 0.00792. The van der Waals surface area contributed by atoms with Gasteiger partial charge in [0.15, 0.2) is 0 Å². The van der Waals surface area contributed by atoms with Crippen molar-refractivity contribution in [1.82, 2.24) is 0 Å². The van der Waals surface area contributed by atoms with E-state index in [2.05, 4.69) is 18.8 Å². The van der Waals surface area contributed by atoms with E-state index in [9.17, 15) is 5.11 Å². The summed E-state index contributed by atoms with van der Waals surface area (Å²) in [4.78, 5) is 0. The molecule has 1 heteroatoms. The minimum Gasteiger partial charge on any atom is -0.389 e. The second-order valence-electron chi connectivity index (χ2n) is 3.26. The second-order valence-corrected chi connectivity index (χ2v) is 3.26. The molecule has 1 rings (SSSR count). The first kappa shape index (κ1) is 8.36. The molecule has 0 bridgehead atoms. The Morgan fingerprint density at radius 2 is 2.36 bits per heavy atom. The van der Waals surface area contributed by atoms with Crippen LogP contribution in [0.3, 0.4) is 0 Å². The maximum atomic E-state index is 9.17. The fourth-order valence-corrected chi connectivity index (χ4v) is 1.34. The van der Waals surface area contributed by atoms with Crippen LogP contribution in [0.2, 0.25) is 0 Å². The number of aliphatic hydroxyl groups excluding tert-OH is 1. The van der Waals surface area contributed by atoms with Gasteiger partial charge in [0.05, 0.1) is 6.10 Å². The van der Waals surface area contributed by atoms with Gasteiger partial charge in [0.1, 0.15) is 0 Å². The quantitative estimate of drug-likeness (QED) is 0.412. The largest absolute Gasteiger partial charge is 0.389 e. The van der Waals surface area contributed by atoms with Crippen molar-refractivity contribution in [3.8, 4) is 11.8 Å². The Morgan fingerprint density at radius 3 is 2.82 bits per heavy atom. The van der Waals surface area contributed by atoms with Gasteiger partial charge in [0.2, 0.25) is 0 Å². The van der Waals surface area contributed by atoms with Crippen molar-refractivity contribution in [1.29, 1.82) is 0 Å². The van der Waals surface area contributed by atoms with Gasteiger partial charge in [0, 0.05) is 5.41 Å². The lowest BCUT2D eigenvalue weighted by atomic mass is 9.81. The summed E-state index contributed by atoms with van der Waals surface area (Å²) in [5.74, 6) is 6.04. The first-order chi connectivity index (χ1) is 5.16. The summed E-state index contributed by atoms with van der Waals surface area (Å²) in [6.45, 7) is 3.95. The summed E-state index contributed by atoms with van der Waals surface area (Å²) in [6, 6.07) is 0. The molecule has 1 nitrogen and oxygen atoms in total. The summed E-state index contributed by atoms with van der Waals surface area (Å²) in [7, 11) is 0. The van der Waals surface area contributed by atoms with Gasteiger partial charge in [-0.2, -0.15) is 0 Å². The van der Waals surface area contributed by atoms with Crippen molar-refractivity contribution in [3.63, 3.8) is 0 Å². The topological polar surface area (TPSA) is 20.2 Å². The molecular weight excluding hydrogens is 136 g/mol. The van der Waals surface area contributed by atoms with Crippen LogP contribution < -0.4 is 0 Å². The SMILES string of the molecule is CC#CC1(C)C=CC(O)CC1. The van der Waals surface area contributed by atoms with E-state index in [0.717, 1.165) is 12.8 Å². The molecule has 60 valence electrons. The third-order valence-electron chi connectivity index (χ3n) is 2.06. The summed E-state index contributed by atoms with van der Waals surface area (Å²) >= 11 is 0. The van der Waals surface area contributed by atoms with Gasteiger partial charge in [-0.1, -0.05) is 18.1 Å². The predicted molar refractivity (Wildman–Crippen MR) is 45.9 cm³/mol. The molecule has 2 atom stereocenters. The van der Waals surface area contributed by atoms with Crippen LogP contribution in [-0.2, 0) is 0 Å². The number of allylic oxidation sites excluding steroid dienone is 1. The van der Waals surface area contributed by atoms with Crippen LogP contribution >= 0.6 is 0 Å². The fraction of sp³-hybridized carbons (Fsp3) is 0.600. The van der Waals surface area contributed by atoms with Crippen molar-refractivity contribution >= 4 is 0 Å². The third-order valence-corrected chi connectivity index (χ3v) is 2.06. The number of rotatable bonds is 0. The number of aliphatic hydroxyl groups is 1. The third kappa shape index (κ3) is 2.10. The van der Waals surface area contributed by atoms with Gasteiger partial charge in [-0.25, -0.2) is 0 Å². The van der Waals surface area contributed by atoms with Gasteiger partial charge >= 0.3 is 0 Å². The molecule has 0 aromatic carbocycles. The van der Waals surface area contributed by atoms with Gasteiger partial charge in [-0.3, -0.25) is 0 Å². The van der Waals surface area contributed by atoms with Gasteiger partial charge in [-0.05, 0) is 26.7 Å². The Kier molecular flexibility index (Phi) is 2.36. The van der Waals surface area contributed by atoms with Crippen LogP contribution in [0.5, 0.6) is 0 Å². The predicted octanol–water partition coefficient (Wildman–Crippen LogP) is 1.73. The molecule has 1 N–H and O–H groups in total. The molecule has 0 amide bonds. The zero-order valence-electron chi connectivity index (χ0n) is 7.09. The molecule has 0 saturated carbocycles. The Bertz CT molecular complexity index is 219. The minimum absolute atomic E-state index is 0.00792. The van der Waals surface area contributed by atoms with E-state index in [-0.39, 0.29) is 11.5 Å². The summed E-state index contributed by atoms with van der Waals surface area (Å²) in [5, 5.41) is 9.17. The standard InChI is InChI=1S/C10H14O/c1-3-6-10(2)7-4-9(11)5-8-10/h4,7,9,11H,5,8H2,1-2H3. The van der Waals surface area contributed by atoms with E-state index in [1.165, 1.54) is 0 Å². The molecule has 0 radical (unpaired) electrons. The molecule has 0 heterocycles. The highest BCUT2D eigenvalue weighted by atomic mass is 16.3. The average molecular weight is 150 g/mol. The van der Waals surface area contributed by atoms with Gasteiger partial charge in [-0.15, -0.1) is 5.92 Å². The zero-order chi connectivity index (χ0) is 8.32. The maximum Gasteiger partial charge on any atom is 0.0722 e. The Morgan fingerprint density at radius 1 is 1.64 bits per heavy atom. The zero-order valence-corrected chi connectivity index (χ0v) is 7.09. The fourth-order valence-electron chi connectivity index (χ4n) is 1.34. The molecule has 11 heavy (non-hydrogen) atoms. The molecule has 2 unspecified atom stereocenters. The normalized spacial score (nSPS) is 36.1. The highest BCUT2D eigenvalue weighted by Crippen LogP contribution is 2.29. The molecule has 1 aliphatic rings. The molecule has 0 aliphatic heterocycles. The Balaban J connectivity index is 2.73. The smallest absolute Gasteiger partial charge is 0.0722 e. The highest BCUT2D eigenvalue weighted by Gasteiger charge is 2.22. The first-order valence-electron chi connectivity index (χ1n) is 3.98. The van der Waals surface area contributed by atoms with Crippen LogP contribution in [0.1, 0.15) is 26.7 Å². The lowest BCUT2D eigenvalue weighted by Gasteiger charge is -2.25. The van der Waals surface area contributed by atoms with Crippen LogP contribution in [0, 0.1) is 17.3 Å². The monoisotopic (exact) mass is 150 g/mol. The highest BCUT2D eigenvalue weighted by molar-refractivity contribution is 5.20. The molecular formula is C10H14O. The van der Waals surface area contributed by atoms with Crippen molar-refractivity contribution in [2.45, 2.75) is 32.8 Å². The summed E-state index contributed by atoms with van der Waals surface area (Å²) < 4.78 is 0. The van der Waals surface area contributed by atoms with Gasteiger partial charge < -0.3 is 5.11 Å². The van der Waals surface area contributed by atoms with Crippen molar-refractivity contribution < 1.29 is 5.11 Å². The molecule has 0 aromatic rings. The average Bonchev–Trinajstić information content (AvgIpc) is 1.97. The molecule has 0 fully saturated rings. The Labute approximate surface area is 68.1 Å². The molecule has 0 saturated heterocycles. The van der Waals surface area contributed by atoms with E-state index in [4.69, 9.17) is 0 Å². The van der Waals surface area contributed by atoms with Crippen LogP contribution in [0.4, 0.5) is 0 Å². The van der Waals surface area contributed by atoms with Crippen LogP contribution in [0.15, 0.2) is 12.2 Å². The van der Waals surface area contributed by atoms with E-state index >= 15 is 0 Å². The van der Waals surface area contributed by atoms with E-state index in [1.54, 1.807) is 0 Å². The van der Waals surface area contributed by atoms with E-state index in [0.29, 0.717) is 0 Å². The number of hydrogen-bond donors (Lipinski definition) is 1. The van der Waals surface area contributed by atoms with Crippen molar-refractivity contribution in [2.75, 3.05) is 0 Å². The summed E-state index contributed by atoms with van der Waals surface area (Å²) in [6.07, 6.45) is 5.40. The first-order valence-corrected chi connectivity index (χ1v) is 3.98. The lowest BCUT2D eigenvalue weighted by Crippen LogP contribution is -2.19. The van der Waals surface area contributed by atoms with E-state index < -0.39 is 0 Å². The maximum absolute atomic E-state index is 9.17. The lowest BCUT2D eigenvalue weighted by molar-refractivity contribution is 0.188. The van der Waals surface area contributed by atoms with Crippen molar-refractivity contribution in [3.05, 3.63) is 12.2 Å². The molecule has 0 spiro atoms. The minimum atomic E-state index is -0.248. The van der Waals surface area contributed by atoms with Crippen LogP contribution in [0.25, 0.3) is 0 Å². The molecule has 0 aromatic heterocycles. The van der Waals surface area contributed by atoms with Crippen molar-refractivity contribution in [2.24, 2.45) is 5.41 Å². The van der Waals surface area contributed by atoms with Crippen LogP contribution in [-0.4, -0.2) is 11.2 Å². The number of hydrogen-bond acceptors (Lipinski definition) is 1. The van der Waals surface area contributed by atoms with Gasteiger partial charge in [0.25, 0.3) is 0 Å². The second kappa shape index (κ2) is 3.11. The van der Waals surface area contributed by atoms with E-state index in [1.807, 2.05) is 19.1 Å².